The highest BCUT2D eigenvalue weighted by Gasteiger charge is 2.42. The molecule has 0 saturated heterocycles. The molecule has 0 aliphatic heterocycles. The van der Waals surface area contributed by atoms with Gasteiger partial charge in [-0.05, 0) is 37.0 Å². The number of aryl methyl sites for hydroxylation is 1. The first kappa shape index (κ1) is 18.2. The first-order valence-electron chi connectivity index (χ1n) is 9.42. The van der Waals surface area contributed by atoms with E-state index in [1.165, 1.54) is 30.2 Å². The van der Waals surface area contributed by atoms with E-state index in [4.69, 9.17) is 4.74 Å². The molecule has 4 rings (SSSR count). The van der Waals surface area contributed by atoms with Gasteiger partial charge in [0.15, 0.2) is 0 Å². The molecule has 26 heavy (non-hydrogen) atoms. The lowest BCUT2D eigenvalue weighted by Gasteiger charge is -2.42. The number of esters is 1. The molecule has 1 N–H and O–H groups in total. The van der Waals surface area contributed by atoms with Gasteiger partial charge in [0.2, 0.25) is 0 Å². The van der Waals surface area contributed by atoms with E-state index in [2.05, 4.69) is 48.4 Å². The molecule has 1 fully saturated rings. The van der Waals surface area contributed by atoms with Gasteiger partial charge in [0.25, 0.3) is 0 Å². The number of methoxy groups -OCH3 is 1. The van der Waals surface area contributed by atoms with E-state index in [1.807, 2.05) is 26.0 Å². The minimum atomic E-state index is -0.299. The zero-order chi connectivity index (χ0) is 18.7. The number of H-pyrrole nitrogens is 1. The van der Waals surface area contributed by atoms with Gasteiger partial charge in [-0.1, -0.05) is 62.2 Å². The molecule has 0 spiro atoms. The Labute approximate surface area is 155 Å². The maximum absolute atomic E-state index is 12.0. The molecule has 0 atom stereocenters. The fraction of sp³-hybridized carbons (Fsp3) is 0.348. The summed E-state index contributed by atoms with van der Waals surface area (Å²) in [5.41, 5.74) is 5.46. The van der Waals surface area contributed by atoms with Crippen molar-refractivity contribution in [1.82, 2.24) is 4.98 Å². The third-order valence-electron chi connectivity index (χ3n) is 5.45. The summed E-state index contributed by atoms with van der Waals surface area (Å²) < 4.78 is 4.92. The molecule has 0 amide bonds. The number of hydrogen-bond donors (Lipinski definition) is 1. The lowest BCUT2D eigenvalue weighted by molar-refractivity contribution is 0.0603. The Morgan fingerprint density at radius 1 is 1.08 bits per heavy atom. The molecule has 1 saturated carbocycles. The molecule has 1 aliphatic carbocycles. The number of hydrogen-bond acceptors (Lipinski definition) is 2. The van der Waals surface area contributed by atoms with Crippen LogP contribution in [0, 0.1) is 6.92 Å². The minimum Gasteiger partial charge on any atom is -0.465 e. The number of ether oxygens (including phenoxy) is 1. The Morgan fingerprint density at radius 2 is 1.77 bits per heavy atom. The van der Waals surface area contributed by atoms with Gasteiger partial charge in [0, 0.05) is 17.0 Å². The van der Waals surface area contributed by atoms with Gasteiger partial charge in [-0.2, -0.15) is 0 Å². The Bertz CT molecular complexity index is 902. The van der Waals surface area contributed by atoms with Crippen molar-refractivity contribution in [3.8, 4) is 0 Å². The lowest BCUT2D eigenvalue weighted by atomic mass is 9.60. The van der Waals surface area contributed by atoms with E-state index >= 15 is 0 Å². The number of aromatic nitrogens is 1. The second kappa shape index (κ2) is 7.36. The monoisotopic (exact) mass is 349 g/mol. The van der Waals surface area contributed by atoms with Crippen LogP contribution in [-0.2, 0) is 10.2 Å². The van der Waals surface area contributed by atoms with E-state index in [-0.39, 0.29) is 11.4 Å². The zero-order valence-electron chi connectivity index (χ0n) is 16.1. The van der Waals surface area contributed by atoms with Crippen LogP contribution >= 0.6 is 0 Å². The predicted molar refractivity (Wildman–Crippen MR) is 107 cm³/mol. The molecular weight excluding hydrogens is 322 g/mol. The SMILES string of the molecule is CC.COC(=O)c1cccc2c(C3(c4ccc(C)cc4)CCC3)c[nH]c12. The zero-order valence-corrected chi connectivity index (χ0v) is 16.1. The van der Waals surface area contributed by atoms with Crippen LogP contribution in [0.5, 0.6) is 0 Å². The third-order valence-corrected chi connectivity index (χ3v) is 5.45. The highest BCUT2D eigenvalue weighted by Crippen LogP contribution is 2.51. The van der Waals surface area contributed by atoms with E-state index in [9.17, 15) is 4.79 Å². The first-order valence-corrected chi connectivity index (χ1v) is 9.42. The molecule has 1 aromatic heterocycles. The molecule has 3 aromatic rings. The number of benzene rings is 2. The van der Waals surface area contributed by atoms with Crippen molar-refractivity contribution in [3.63, 3.8) is 0 Å². The fourth-order valence-electron chi connectivity index (χ4n) is 3.95. The number of para-hydroxylation sites is 1. The Morgan fingerprint density at radius 3 is 2.35 bits per heavy atom. The van der Waals surface area contributed by atoms with Gasteiger partial charge >= 0.3 is 5.97 Å². The van der Waals surface area contributed by atoms with Crippen LogP contribution < -0.4 is 0 Å². The highest BCUT2D eigenvalue weighted by atomic mass is 16.5. The van der Waals surface area contributed by atoms with Crippen molar-refractivity contribution < 1.29 is 9.53 Å². The smallest absolute Gasteiger partial charge is 0.339 e. The van der Waals surface area contributed by atoms with Gasteiger partial charge in [-0.15, -0.1) is 0 Å². The Hall–Kier alpha value is -2.55. The summed E-state index contributed by atoms with van der Waals surface area (Å²) in [4.78, 5) is 15.4. The van der Waals surface area contributed by atoms with E-state index in [0.717, 1.165) is 23.7 Å². The topological polar surface area (TPSA) is 42.1 Å². The van der Waals surface area contributed by atoms with E-state index in [1.54, 1.807) is 0 Å². The van der Waals surface area contributed by atoms with Crippen molar-refractivity contribution in [2.75, 3.05) is 7.11 Å². The number of rotatable bonds is 3. The van der Waals surface area contributed by atoms with Crippen molar-refractivity contribution in [2.45, 2.75) is 45.4 Å². The highest BCUT2D eigenvalue weighted by molar-refractivity contribution is 6.04. The standard InChI is InChI=1S/C21H21NO2.C2H6/c1-14-7-9-15(10-8-14)21(11-4-12-21)18-13-22-19-16(18)5-3-6-17(19)20(23)24-2;1-2/h3,5-10,13,22H,4,11-12H2,1-2H3;1-2H3. The third kappa shape index (κ3) is 2.82. The van der Waals surface area contributed by atoms with E-state index < -0.39 is 0 Å². The second-order valence-corrected chi connectivity index (χ2v) is 6.72. The number of carbonyl (C=O) groups is 1. The van der Waals surface area contributed by atoms with E-state index in [0.29, 0.717) is 5.56 Å². The van der Waals surface area contributed by atoms with Gasteiger partial charge in [0.05, 0.1) is 18.2 Å². The lowest BCUT2D eigenvalue weighted by Crippen LogP contribution is -2.35. The van der Waals surface area contributed by atoms with Gasteiger partial charge < -0.3 is 9.72 Å². The van der Waals surface area contributed by atoms with Crippen LogP contribution in [0.1, 0.15) is 60.2 Å². The molecule has 0 unspecified atom stereocenters. The molecular formula is C23H27NO2. The van der Waals surface area contributed by atoms with Crippen LogP contribution in [0.15, 0.2) is 48.7 Å². The Balaban J connectivity index is 0.000000948. The largest absolute Gasteiger partial charge is 0.465 e. The maximum Gasteiger partial charge on any atom is 0.339 e. The molecule has 1 aliphatic rings. The van der Waals surface area contributed by atoms with Crippen LogP contribution in [0.4, 0.5) is 0 Å². The van der Waals surface area contributed by atoms with Crippen molar-refractivity contribution in [3.05, 3.63) is 70.9 Å². The predicted octanol–water partition coefficient (Wildman–Crippen LogP) is 5.76. The quantitative estimate of drug-likeness (QED) is 0.611. The summed E-state index contributed by atoms with van der Waals surface area (Å²) in [5.74, 6) is -0.299. The number of aromatic amines is 1. The molecule has 3 heteroatoms. The number of nitrogens with one attached hydrogen (secondary N) is 1. The van der Waals surface area contributed by atoms with Gasteiger partial charge in [-0.25, -0.2) is 4.79 Å². The summed E-state index contributed by atoms with van der Waals surface area (Å²) in [5, 5.41) is 1.12. The minimum absolute atomic E-state index is 0.0562. The maximum atomic E-state index is 12.0. The van der Waals surface area contributed by atoms with Crippen LogP contribution in [0.25, 0.3) is 10.9 Å². The summed E-state index contributed by atoms with van der Waals surface area (Å²) in [7, 11) is 1.42. The second-order valence-electron chi connectivity index (χ2n) is 6.72. The first-order chi connectivity index (χ1) is 12.7. The molecule has 3 nitrogen and oxygen atoms in total. The summed E-state index contributed by atoms with van der Waals surface area (Å²) in [6, 6.07) is 14.7. The van der Waals surface area contributed by atoms with Gasteiger partial charge in [-0.3, -0.25) is 0 Å². The normalized spacial score (nSPS) is 14.9. The van der Waals surface area contributed by atoms with Crippen molar-refractivity contribution >= 4 is 16.9 Å². The number of fused-ring (bicyclic) bond motifs is 1. The van der Waals surface area contributed by atoms with Crippen LogP contribution in [0.3, 0.4) is 0 Å². The van der Waals surface area contributed by atoms with Crippen LogP contribution in [-0.4, -0.2) is 18.1 Å². The molecule has 1 heterocycles. The van der Waals surface area contributed by atoms with Crippen molar-refractivity contribution in [2.24, 2.45) is 0 Å². The molecule has 0 bridgehead atoms. The van der Waals surface area contributed by atoms with Crippen LogP contribution in [0.2, 0.25) is 0 Å². The Kier molecular flexibility index (Phi) is 5.17. The fourth-order valence-corrected chi connectivity index (χ4v) is 3.95. The van der Waals surface area contributed by atoms with Gasteiger partial charge in [0.1, 0.15) is 0 Å². The summed E-state index contributed by atoms with van der Waals surface area (Å²) >= 11 is 0. The number of carbonyl (C=O) groups excluding carboxylic acids is 1. The average molecular weight is 349 g/mol. The molecule has 0 radical (unpaired) electrons. The molecule has 2 aromatic carbocycles. The average Bonchev–Trinajstić information content (AvgIpc) is 3.08. The molecule has 136 valence electrons. The van der Waals surface area contributed by atoms with Crippen molar-refractivity contribution in [1.29, 1.82) is 0 Å². The summed E-state index contributed by atoms with van der Waals surface area (Å²) in [6.45, 7) is 6.12. The summed E-state index contributed by atoms with van der Waals surface area (Å²) in [6.07, 6.45) is 5.60.